The fourth-order valence-electron chi connectivity index (χ4n) is 2.00. The number of aliphatic hydroxyl groups is 1. The maximum absolute atomic E-state index is 12.4. The number of thiophene rings is 1. The maximum Gasteiger partial charge on any atom is 0.263 e. The van der Waals surface area contributed by atoms with Gasteiger partial charge in [0.1, 0.15) is 4.90 Å². The summed E-state index contributed by atoms with van der Waals surface area (Å²) in [5.41, 5.74) is 1.55. The Morgan fingerprint density at radius 2 is 2.00 bits per heavy atom. The Balaban J connectivity index is 2.38. The van der Waals surface area contributed by atoms with Gasteiger partial charge in [-0.05, 0) is 31.0 Å². The molecule has 4 nitrogen and oxygen atoms in total. The summed E-state index contributed by atoms with van der Waals surface area (Å²) in [4.78, 5) is 1.56. The fourth-order valence-corrected chi connectivity index (χ4v) is 4.59. The van der Waals surface area contributed by atoms with Crippen molar-refractivity contribution < 1.29 is 13.5 Å². The molecule has 0 aliphatic rings. The molecule has 2 N–H and O–H groups in total. The summed E-state index contributed by atoms with van der Waals surface area (Å²) in [7, 11) is -3.62. The minimum atomic E-state index is -3.62. The molecule has 0 bridgehead atoms. The third kappa shape index (κ3) is 3.03. The van der Waals surface area contributed by atoms with Crippen LogP contribution in [0.5, 0.6) is 0 Å². The third-order valence-corrected chi connectivity index (χ3v) is 5.67. The van der Waals surface area contributed by atoms with Crippen LogP contribution in [0, 0.1) is 6.92 Å². The van der Waals surface area contributed by atoms with Crippen molar-refractivity contribution in [1.29, 1.82) is 0 Å². The van der Waals surface area contributed by atoms with Crippen molar-refractivity contribution in [1.82, 2.24) is 0 Å². The average molecular weight is 311 g/mol. The lowest BCUT2D eigenvalue weighted by Gasteiger charge is -2.11. The lowest BCUT2D eigenvalue weighted by Crippen LogP contribution is -2.14. The van der Waals surface area contributed by atoms with E-state index in [-0.39, 0.29) is 11.5 Å². The number of nitrogens with one attached hydrogen (secondary N) is 1. The Kier molecular flexibility index (Phi) is 4.47. The van der Waals surface area contributed by atoms with Crippen LogP contribution in [0.1, 0.15) is 22.2 Å². The topological polar surface area (TPSA) is 66.4 Å². The molecule has 0 aliphatic carbocycles. The highest BCUT2D eigenvalue weighted by molar-refractivity contribution is 7.93. The molecule has 0 saturated heterocycles. The zero-order chi connectivity index (χ0) is 14.8. The summed E-state index contributed by atoms with van der Waals surface area (Å²) in [6, 6.07) is 8.87. The molecule has 0 saturated carbocycles. The quantitative estimate of drug-likeness (QED) is 0.892. The molecule has 2 rings (SSSR count). The molecule has 1 aromatic heterocycles. The number of para-hydroxylation sites is 1. The van der Waals surface area contributed by atoms with Crippen LogP contribution in [-0.2, 0) is 23.1 Å². The lowest BCUT2D eigenvalue weighted by atomic mass is 10.1. The first-order valence-electron chi connectivity index (χ1n) is 6.28. The Labute approximate surface area is 123 Å². The second-order valence-corrected chi connectivity index (χ2v) is 7.40. The highest BCUT2D eigenvalue weighted by atomic mass is 32.2. The smallest absolute Gasteiger partial charge is 0.263 e. The predicted molar refractivity (Wildman–Crippen MR) is 81.6 cm³/mol. The predicted octanol–water partition coefficient (Wildman–Crippen LogP) is 2.91. The van der Waals surface area contributed by atoms with Crippen molar-refractivity contribution in [3.8, 4) is 0 Å². The van der Waals surface area contributed by atoms with E-state index in [9.17, 15) is 8.42 Å². The van der Waals surface area contributed by atoms with Gasteiger partial charge in [-0.25, -0.2) is 8.42 Å². The first-order valence-corrected chi connectivity index (χ1v) is 8.58. The minimum Gasteiger partial charge on any atom is -0.391 e. The van der Waals surface area contributed by atoms with Gasteiger partial charge in [-0.15, -0.1) is 11.3 Å². The van der Waals surface area contributed by atoms with Crippen LogP contribution in [0.3, 0.4) is 0 Å². The van der Waals surface area contributed by atoms with E-state index in [1.165, 1.54) is 17.4 Å². The number of benzene rings is 1. The molecule has 2 aromatic rings. The third-order valence-electron chi connectivity index (χ3n) is 3.01. The van der Waals surface area contributed by atoms with Crippen molar-refractivity contribution in [2.75, 3.05) is 4.72 Å². The van der Waals surface area contributed by atoms with E-state index >= 15 is 0 Å². The van der Waals surface area contributed by atoms with Crippen LogP contribution in [0.25, 0.3) is 0 Å². The summed E-state index contributed by atoms with van der Waals surface area (Å²) < 4.78 is 27.5. The monoisotopic (exact) mass is 311 g/mol. The highest BCUT2D eigenvalue weighted by Crippen LogP contribution is 2.28. The standard InChI is InChI=1S/C14H17NO3S2/c1-3-11-6-4-5-7-13(11)15-20(17,18)14-8-12(9-16)19-10(14)2/h4-8,15-16H,3,9H2,1-2H3. The molecule has 0 amide bonds. The van der Waals surface area contributed by atoms with Crippen LogP contribution in [0.2, 0.25) is 0 Å². The van der Waals surface area contributed by atoms with Crippen LogP contribution in [-0.4, -0.2) is 13.5 Å². The van der Waals surface area contributed by atoms with E-state index in [0.717, 1.165) is 12.0 Å². The Morgan fingerprint density at radius 3 is 2.60 bits per heavy atom. The summed E-state index contributed by atoms with van der Waals surface area (Å²) in [6.07, 6.45) is 0.753. The van der Waals surface area contributed by atoms with Gasteiger partial charge >= 0.3 is 0 Å². The number of rotatable bonds is 5. The SMILES string of the molecule is CCc1ccccc1NS(=O)(=O)c1cc(CO)sc1C. The molecule has 108 valence electrons. The summed E-state index contributed by atoms with van der Waals surface area (Å²) in [5.74, 6) is 0. The summed E-state index contributed by atoms with van der Waals surface area (Å²) in [6.45, 7) is 3.57. The Morgan fingerprint density at radius 1 is 1.30 bits per heavy atom. The Bertz CT molecular complexity index is 705. The normalized spacial score (nSPS) is 11.6. The van der Waals surface area contributed by atoms with E-state index in [4.69, 9.17) is 5.11 Å². The highest BCUT2D eigenvalue weighted by Gasteiger charge is 2.20. The summed E-state index contributed by atoms with van der Waals surface area (Å²) >= 11 is 1.29. The number of hydrogen-bond acceptors (Lipinski definition) is 4. The van der Waals surface area contributed by atoms with E-state index in [1.54, 1.807) is 19.1 Å². The second kappa shape index (κ2) is 5.95. The van der Waals surface area contributed by atoms with Gasteiger partial charge in [0.05, 0.1) is 12.3 Å². The Hall–Kier alpha value is -1.37. The minimum absolute atomic E-state index is 0.146. The van der Waals surface area contributed by atoms with Crippen LogP contribution < -0.4 is 4.72 Å². The molecule has 0 atom stereocenters. The van der Waals surface area contributed by atoms with E-state index in [1.807, 2.05) is 19.1 Å². The number of aliphatic hydroxyl groups excluding tert-OH is 1. The zero-order valence-corrected chi connectivity index (χ0v) is 13.0. The largest absolute Gasteiger partial charge is 0.391 e. The molecule has 0 spiro atoms. The first-order chi connectivity index (χ1) is 9.47. The van der Waals surface area contributed by atoms with Crippen molar-refractivity contribution in [3.63, 3.8) is 0 Å². The van der Waals surface area contributed by atoms with Crippen LogP contribution in [0.4, 0.5) is 5.69 Å². The van der Waals surface area contributed by atoms with Crippen molar-refractivity contribution >= 4 is 27.0 Å². The van der Waals surface area contributed by atoms with Crippen LogP contribution >= 0.6 is 11.3 Å². The number of anilines is 1. The van der Waals surface area contributed by atoms with E-state index in [0.29, 0.717) is 15.4 Å². The molecule has 1 aromatic carbocycles. The molecular weight excluding hydrogens is 294 g/mol. The van der Waals surface area contributed by atoms with Gasteiger partial charge in [-0.3, -0.25) is 4.72 Å². The molecule has 0 unspecified atom stereocenters. The van der Waals surface area contributed by atoms with Gasteiger partial charge in [-0.2, -0.15) is 0 Å². The molecule has 0 radical (unpaired) electrons. The van der Waals surface area contributed by atoms with Crippen molar-refractivity contribution in [2.24, 2.45) is 0 Å². The van der Waals surface area contributed by atoms with E-state index < -0.39 is 10.0 Å². The summed E-state index contributed by atoms with van der Waals surface area (Å²) in [5, 5.41) is 9.11. The first kappa shape index (κ1) is 15.0. The van der Waals surface area contributed by atoms with Crippen molar-refractivity contribution in [3.05, 3.63) is 45.6 Å². The molecule has 0 aliphatic heterocycles. The molecule has 20 heavy (non-hydrogen) atoms. The number of aryl methyl sites for hydroxylation is 2. The number of sulfonamides is 1. The van der Waals surface area contributed by atoms with E-state index in [2.05, 4.69) is 4.72 Å². The number of hydrogen-bond donors (Lipinski definition) is 2. The average Bonchev–Trinajstić information content (AvgIpc) is 2.81. The van der Waals surface area contributed by atoms with Gasteiger partial charge in [0.15, 0.2) is 0 Å². The van der Waals surface area contributed by atoms with Gasteiger partial charge in [0, 0.05) is 9.75 Å². The van der Waals surface area contributed by atoms with Gasteiger partial charge < -0.3 is 5.11 Å². The molecule has 1 heterocycles. The van der Waals surface area contributed by atoms with Crippen LogP contribution in [0.15, 0.2) is 35.2 Å². The molecular formula is C14H17NO3S2. The fraction of sp³-hybridized carbons (Fsp3) is 0.286. The zero-order valence-electron chi connectivity index (χ0n) is 11.4. The lowest BCUT2D eigenvalue weighted by molar-refractivity contribution is 0.285. The molecule has 6 heteroatoms. The van der Waals surface area contributed by atoms with Crippen molar-refractivity contribution in [2.45, 2.75) is 31.8 Å². The van der Waals surface area contributed by atoms with Gasteiger partial charge in [-0.1, -0.05) is 25.1 Å². The maximum atomic E-state index is 12.4. The second-order valence-electron chi connectivity index (χ2n) is 4.41. The van der Waals surface area contributed by atoms with Gasteiger partial charge in [0.2, 0.25) is 0 Å². The molecule has 0 fully saturated rings. The van der Waals surface area contributed by atoms with Gasteiger partial charge in [0.25, 0.3) is 10.0 Å².